The van der Waals surface area contributed by atoms with Gasteiger partial charge in [-0.15, -0.1) is 0 Å². The molecule has 4 aromatic rings. The molecule has 0 aliphatic rings. The van der Waals surface area contributed by atoms with Gasteiger partial charge in [-0.1, -0.05) is 165 Å². The summed E-state index contributed by atoms with van der Waals surface area (Å²) in [6.07, 6.45) is 1.36. The normalized spacial score (nSPS) is 11.2. The minimum atomic E-state index is 0.113. The SMILES string of the molecule is C=N.C=c1cccc(OC(C(C)C)C(C)C)c1=C(N)N.CN.Cc1c(Cc2c(OC(C(C)C)C(C)C)ccc(CN=O)c2C)cccc1OC(C(C)C)C(C)C.Cc1cccc(OC(C(C)C)C(C)C)c1CN. The van der Waals surface area contributed by atoms with Crippen molar-refractivity contribution in [1.82, 2.24) is 0 Å². The average Bonchev–Trinajstić information content (AvgIpc) is 3.31. The van der Waals surface area contributed by atoms with Crippen LogP contribution in [0.2, 0.25) is 0 Å². The lowest BCUT2D eigenvalue weighted by Gasteiger charge is -2.29. The van der Waals surface area contributed by atoms with Gasteiger partial charge in [-0.3, -0.25) is 0 Å². The van der Waals surface area contributed by atoms with E-state index in [1.54, 1.807) is 0 Å². The van der Waals surface area contributed by atoms with E-state index in [1.807, 2.05) is 42.5 Å². The second-order valence-electron chi connectivity index (χ2n) is 21.6. The molecule has 0 radical (unpaired) electrons. The van der Waals surface area contributed by atoms with Crippen LogP contribution in [0.1, 0.15) is 150 Å². The lowest BCUT2D eigenvalue weighted by molar-refractivity contribution is 0.103. The predicted octanol–water partition coefficient (Wildman–Crippen LogP) is 12.8. The molecule has 4 rings (SSSR count). The topological polar surface area (TPSA) is 194 Å². The van der Waals surface area contributed by atoms with Gasteiger partial charge in [0, 0.05) is 24.1 Å². The van der Waals surface area contributed by atoms with Crippen molar-refractivity contribution in [2.24, 2.45) is 75.5 Å². The van der Waals surface area contributed by atoms with Gasteiger partial charge in [0.25, 0.3) is 0 Å². The smallest absolute Gasteiger partial charge is 0.131 e. The number of rotatable bonds is 21. The first-order valence-electron chi connectivity index (χ1n) is 26.5. The van der Waals surface area contributed by atoms with Gasteiger partial charge in [0.15, 0.2) is 0 Å². The van der Waals surface area contributed by atoms with Crippen LogP contribution >= 0.6 is 0 Å². The molecular formula is C62H102N6O5. The lowest BCUT2D eigenvalue weighted by atomic mass is 9.92. The van der Waals surface area contributed by atoms with Crippen LogP contribution in [0.15, 0.2) is 71.9 Å². The molecule has 11 nitrogen and oxygen atoms in total. The molecule has 0 atom stereocenters. The van der Waals surface area contributed by atoms with Gasteiger partial charge >= 0.3 is 0 Å². The van der Waals surface area contributed by atoms with Crippen LogP contribution in [-0.4, -0.2) is 38.2 Å². The molecule has 410 valence electrons. The highest BCUT2D eigenvalue weighted by atomic mass is 16.5. The Balaban J connectivity index is 0.00000112. The summed E-state index contributed by atoms with van der Waals surface area (Å²) < 4.78 is 25.4. The number of nitrogens with zero attached hydrogens (tertiary/aromatic N) is 1. The molecule has 0 bridgehead atoms. The second-order valence-corrected chi connectivity index (χ2v) is 21.6. The highest BCUT2D eigenvalue weighted by Gasteiger charge is 2.25. The summed E-state index contributed by atoms with van der Waals surface area (Å²) in [6, 6.07) is 22.1. The van der Waals surface area contributed by atoms with Gasteiger partial charge in [0.05, 0.1) is 5.22 Å². The number of benzene rings is 4. The summed E-state index contributed by atoms with van der Waals surface area (Å²) in [5.41, 5.74) is 29.6. The Morgan fingerprint density at radius 3 is 1.29 bits per heavy atom. The van der Waals surface area contributed by atoms with Crippen LogP contribution in [0.5, 0.6) is 23.0 Å². The first kappa shape index (κ1) is 67.6. The zero-order valence-electron chi connectivity index (χ0n) is 49.1. The molecule has 0 amide bonds. The van der Waals surface area contributed by atoms with E-state index in [0.717, 1.165) is 56.0 Å². The molecule has 0 aliphatic heterocycles. The minimum Gasteiger partial charge on any atom is -0.490 e. The highest BCUT2D eigenvalue weighted by Crippen LogP contribution is 2.35. The molecule has 4 aromatic carbocycles. The number of ether oxygens (including phenoxy) is 4. The molecule has 0 spiro atoms. The molecule has 0 unspecified atom stereocenters. The highest BCUT2D eigenvalue weighted by molar-refractivity contribution is 5.50. The fourth-order valence-electron chi connectivity index (χ4n) is 9.33. The third-order valence-electron chi connectivity index (χ3n) is 12.9. The lowest BCUT2D eigenvalue weighted by Crippen LogP contribution is -2.37. The van der Waals surface area contributed by atoms with Crippen LogP contribution in [0.3, 0.4) is 0 Å². The fourth-order valence-corrected chi connectivity index (χ4v) is 9.33. The third kappa shape index (κ3) is 21.2. The Morgan fingerprint density at radius 1 is 0.507 bits per heavy atom. The molecule has 0 saturated carbocycles. The van der Waals surface area contributed by atoms with Crippen molar-refractivity contribution in [2.45, 2.75) is 175 Å². The zero-order valence-corrected chi connectivity index (χ0v) is 49.1. The summed E-state index contributed by atoms with van der Waals surface area (Å²) in [7, 11) is 1.50. The number of hydrogen-bond donors (Lipinski definition) is 5. The molecule has 9 N–H and O–H groups in total. The molecule has 0 saturated heterocycles. The Bertz CT molecular complexity index is 2290. The number of aryl methyl sites for hydroxylation is 1. The van der Waals surface area contributed by atoms with Crippen molar-refractivity contribution in [3.8, 4) is 23.0 Å². The van der Waals surface area contributed by atoms with Crippen molar-refractivity contribution in [1.29, 1.82) is 5.41 Å². The maximum atomic E-state index is 11.1. The van der Waals surface area contributed by atoms with Crippen molar-refractivity contribution in [3.05, 3.63) is 121 Å². The van der Waals surface area contributed by atoms with Gasteiger partial charge in [-0.25, -0.2) is 0 Å². The summed E-state index contributed by atoms with van der Waals surface area (Å²) in [5.74, 6) is 7.25. The molecule has 0 fully saturated rings. The van der Waals surface area contributed by atoms with E-state index in [1.165, 1.54) is 18.2 Å². The van der Waals surface area contributed by atoms with Crippen LogP contribution < -0.4 is 52.3 Å². The van der Waals surface area contributed by atoms with Crippen molar-refractivity contribution in [2.75, 3.05) is 7.05 Å². The molecule has 0 aromatic heterocycles. The summed E-state index contributed by atoms with van der Waals surface area (Å²) in [5, 5.41) is 10.2. The largest absolute Gasteiger partial charge is 0.490 e. The minimum absolute atomic E-state index is 0.113. The average molecular weight is 1010 g/mol. The van der Waals surface area contributed by atoms with Crippen LogP contribution in [0.25, 0.3) is 12.4 Å². The van der Waals surface area contributed by atoms with Crippen LogP contribution in [0.4, 0.5) is 0 Å². The summed E-state index contributed by atoms with van der Waals surface area (Å²) in [4.78, 5) is 11.1. The van der Waals surface area contributed by atoms with E-state index in [0.29, 0.717) is 65.5 Å². The molecular weight excluding hydrogens is 909 g/mol. The zero-order chi connectivity index (χ0) is 56.4. The van der Waals surface area contributed by atoms with Crippen molar-refractivity contribution in [3.63, 3.8) is 0 Å². The van der Waals surface area contributed by atoms with Gasteiger partial charge in [0.1, 0.15) is 59.8 Å². The van der Waals surface area contributed by atoms with Gasteiger partial charge in [0.2, 0.25) is 0 Å². The Morgan fingerprint density at radius 2 is 0.877 bits per heavy atom. The quantitative estimate of drug-likeness (QED) is 0.0399. The summed E-state index contributed by atoms with van der Waals surface area (Å²) >= 11 is 0. The first-order chi connectivity index (χ1) is 34.3. The summed E-state index contributed by atoms with van der Waals surface area (Å²) in [6.45, 7) is 48.5. The maximum Gasteiger partial charge on any atom is 0.131 e. The van der Waals surface area contributed by atoms with Gasteiger partial charge in [-0.05, 0) is 139 Å². The van der Waals surface area contributed by atoms with E-state index < -0.39 is 0 Å². The monoisotopic (exact) mass is 1010 g/mol. The molecule has 0 aliphatic carbocycles. The predicted molar refractivity (Wildman–Crippen MR) is 313 cm³/mol. The Labute approximate surface area is 443 Å². The van der Waals surface area contributed by atoms with E-state index >= 15 is 0 Å². The van der Waals surface area contributed by atoms with Crippen molar-refractivity contribution >= 4 is 19.1 Å². The molecule has 11 heteroatoms. The third-order valence-corrected chi connectivity index (χ3v) is 12.9. The Kier molecular flexibility index (Phi) is 31.6. The van der Waals surface area contributed by atoms with Gasteiger partial charge < -0.3 is 47.3 Å². The number of nitrogens with two attached hydrogens (primary N) is 4. The van der Waals surface area contributed by atoms with Crippen LogP contribution in [0, 0.1) is 78.4 Å². The van der Waals surface area contributed by atoms with E-state index in [2.05, 4.69) is 180 Å². The molecule has 73 heavy (non-hydrogen) atoms. The number of hydrogen-bond acceptors (Lipinski definition) is 11. The number of nitrogens with one attached hydrogen (secondary N) is 1. The van der Waals surface area contributed by atoms with Crippen LogP contribution in [-0.2, 0) is 19.5 Å². The van der Waals surface area contributed by atoms with Gasteiger partial charge in [-0.2, -0.15) is 4.91 Å². The second kappa shape index (κ2) is 34.2. The molecule has 0 heterocycles. The van der Waals surface area contributed by atoms with Crippen molar-refractivity contribution < 1.29 is 18.9 Å². The number of nitroso groups, excluding NO2 is 1. The first-order valence-corrected chi connectivity index (χ1v) is 26.5. The fraction of sp³-hybridized carbons (Fsp3) is 0.565. The van der Waals surface area contributed by atoms with E-state index in [-0.39, 0.29) is 36.8 Å². The Hall–Kier alpha value is -5.39. The van der Waals surface area contributed by atoms with E-state index in [9.17, 15) is 4.91 Å². The van der Waals surface area contributed by atoms with E-state index in [4.69, 9.17) is 41.6 Å². The maximum absolute atomic E-state index is 11.1. The standard InChI is InChI=1S/C30H45NO3.C15H24N2O.C15H25NO.CH5N.CH3N/c1-18(2)29(19(3)4)33-27-13-11-12-24(23(27)10)16-26-22(9)25(17-31-32)14-15-28(26)34-30(20(5)6)21(7)8;1-9(2)14(10(3)4)18-12-8-6-7-11(5)13(12)15(16)17;1-10(2)15(11(3)4)17-14-8-6-7-12(5)13(14)9-16;2*1-2/h11-15,18-21,29-30H,16-17H2,1-10H3;6-10,14H,5,16-17H2,1-4H3;6-8,10-11,15H,9,16H2,1-5H3;2H2,1H3;2H,1H2.